The van der Waals surface area contributed by atoms with Crippen molar-refractivity contribution in [1.29, 1.82) is 0 Å². The van der Waals surface area contributed by atoms with Gasteiger partial charge >= 0.3 is 5.97 Å². The molecule has 2 aromatic carbocycles. The minimum absolute atomic E-state index is 0.0635. The van der Waals surface area contributed by atoms with Gasteiger partial charge in [-0.1, -0.05) is 29.0 Å². The van der Waals surface area contributed by atoms with Crippen molar-refractivity contribution in [3.05, 3.63) is 102 Å². The van der Waals surface area contributed by atoms with E-state index >= 15 is 0 Å². The molecule has 0 bridgehead atoms. The van der Waals surface area contributed by atoms with Crippen molar-refractivity contribution in [2.24, 2.45) is 4.99 Å². The van der Waals surface area contributed by atoms with Gasteiger partial charge in [0, 0.05) is 16.7 Å². The molecule has 1 atom stereocenters. The topological polar surface area (TPSA) is 92.3 Å². The number of thiazole rings is 1. The number of carbonyl (C=O) groups is 1. The number of allylic oxidation sites excluding steroid dienone is 1. The molecule has 0 fully saturated rings. The fourth-order valence-electron chi connectivity index (χ4n) is 4.64. The average Bonchev–Trinajstić information content (AvgIpc) is 3.52. The van der Waals surface area contributed by atoms with Crippen molar-refractivity contribution in [1.82, 2.24) is 4.57 Å². The van der Waals surface area contributed by atoms with Crippen LogP contribution >= 0.6 is 22.9 Å². The first-order valence-corrected chi connectivity index (χ1v) is 14.3. The Labute approximate surface area is 245 Å². The molecule has 0 saturated heterocycles. The van der Waals surface area contributed by atoms with E-state index in [1.54, 1.807) is 57.4 Å². The molecule has 41 heavy (non-hydrogen) atoms. The Hall–Kier alpha value is -4.08. The van der Waals surface area contributed by atoms with Crippen LogP contribution in [0.1, 0.15) is 45.1 Å². The normalized spacial score (nSPS) is 15.1. The van der Waals surface area contributed by atoms with E-state index in [9.17, 15) is 9.59 Å². The number of carbonyl (C=O) groups excluding carboxylic acids is 1. The van der Waals surface area contributed by atoms with Gasteiger partial charge in [0.2, 0.25) is 0 Å². The summed E-state index contributed by atoms with van der Waals surface area (Å²) in [4.78, 5) is 32.2. The second-order valence-corrected chi connectivity index (χ2v) is 11.0. The summed E-state index contributed by atoms with van der Waals surface area (Å²) in [5.41, 5.74) is 1.98. The Bertz CT molecular complexity index is 1810. The van der Waals surface area contributed by atoms with Crippen LogP contribution in [0, 0.1) is 0 Å². The van der Waals surface area contributed by atoms with Gasteiger partial charge in [-0.3, -0.25) is 9.36 Å². The molecule has 5 rings (SSSR count). The predicted octanol–water partition coefficient (Wildman–Crippen LogP) is 5.51. The number of halogens is 1. The quantitative estimate of drug-likeness (QED) is 0.251. The van der Waals surface area contributed by atoms with E-state index in [1.165, 1.54) is 15.9 Å². The molecule has 8 nitrogen and oxygen atoms in total. The highest BCUT2D eigenvalue weighted by Gasteiger charge is 2.34. The molecule has 0 spiro atoms. The van der Waals surface area contributed by atoms with E-state index in [4.69, 9.17) is 30.2 Å². The maximum atomic E-state index is 13.9. The lowest BCUT2D eigenvalue weighted by Gasteiger charge is -2.25. The number of hydrogen-bond acceptors (Lipinski definition) is 8. The monoisotopic (exact) mass is 592 g/mol. The summed E-state index contributed by atoms with van der Waals surface area (Å²) in [6.45, 7) is 7.52. The van der Waals surface area contributed by atoms with Crippen LogP contribution in [-0.2, 0) is 9.53 Å². The highest BCUT2D eigenvalue weighted by atomic mass is 35.5. The lowest BCUT2D eigenvalue weighted by Crippen LogP contribution is -2.40. The molecule has 0 amide bonds. The zero-order valence-electron chi connectivity index (χ0n) is 23.3. The number of hydrogen-bond donors (Lipinski definition) is 0. The van der Waals surface area contributed by atoms with Crippen molar-refractivity contribution in [3.63, 3.8) is 0 Å². The molecule has 0 saturated carbocycles. The van der Waals surface area contributed by atoms with Crippen molar-refractivity contribution < 1.29 is 23.4 Å². The van der Waals surface area contributed by atoms with Crippen LogP contribution in [0.2, 0.25) is 5.02 Å². The second kappa shape index (κ2) is 11.8. The number of esters is 1. The minimum Gasteiger partial charge on any atom is -0.493 e. The molecule has 4 aromatic rings. The number of fused-ring (bicyclic) bond motifs is 1. The Morgan fingerprint density at radius 3 is 2.59 bits per heavy atom. The number of rotatable bonds is 8. The number of furan rings is 1. The Kier molecular flexibility index (Phi) is 8.19. The standard InChI is InChI=1S/C31H29ClN2O6S/c1-6-38-30(36)27-18(4)33-31-34(28(27)20-9-13-24(39-17(2)3)25(15-20)37-5)29(35)26(41-31)16-22-12-14-23(40-22)19-7-10-21(32)11-8-19/h7-17,28H,6H2,1-5H3/b26-16-/t28-/m0/s1. The fourth-order valence-corrected chi connectivity index (χ4v) is 5.79. The van der Waals surface area contributed by atoms with Crippen molar-refractivity contribution >= 4 is 35.0 Å². The SMILES string of the molecule is CCOC(=O)C1=C(C)N=c2s/c(=C\c3ccc(-c4ccc(Cl)cc4)o3)c(=O)n2[C@H]1c1ccc(OC(C)C)c(OC)c1. The smallest absolute Gasteiger partial charge is 0.338 e. The van der Waals surface area contributed by atoms with Crippen LogP contribution in [0.15, 0.2) is 80.1 Å². The zero-order chi connectivity index (χ0) is 29.3. The molecular weight excluding hydrogens is 564 g/mol. The van der Waals surface area contributed by atoms with Gasteiger partial charge in [-0.2, -0.15) is 0 Å². The van der Waals surface area contributed by atoms with Crippen LogP contribution in [0.4, 0.5) is 0 Å². The number of benzene rings is 2. The highest BCUT2D eigenvalue weighted by Crippen LogP contribution is 2.36. The van der Waals surface area contributed by atoms with Gasteiger partial charge in [-0.25, -0.2) is 9.79 Å². The van der Waals surface area contributed by atoms with Crippen LogP contribution in [0.5, 0.6) is 11.5 Å². The Morgan fingerprint density at radius 1 is 1.15 bits per heavy atom. The Morgan fingerprint density at radius 2 is 1.90 bits per heavy atom. The third-order valence-corrected chi connectivity index (χ3v) is 7.65. The van der Waals surface area contributed by atoms with Crippen LogP contribution < -0.4 is 24.4 Å². The maximum absolute atomic E-state index is 13.9. The van der Waals surface area contributed by atoms with E-state index in [1.807, 2.05) is 38.1 Å². The molecule has 0 unspecified atom stereocenters. The average molecular weight is 593 g/mol. The van der Waals surface area contributed by atoms with Crippen LogP contribution in [0.25, 0.3) is 17.4 Å². The van der Waals surface area contributed by atoms with E-state index in [-0.39, 0.29) is 23.8 Å². The largest absolute Gasteiger partial charge is 0.493 e. The number of ether oxygens (including phenoxy) is 3. The van der Waals surface area contributed by atoms with Crippen LogP contribution in [-0.4, -0.2) is 30.4 Å². The lowest BCUT2D eigenvalue weighted by molar-refractivity contribution is -0.139. The predicted molar refractivity (Wildman–Crippen MR) is 158 cm³/mol. The molecule has 0 aliphatic carbocycles. The highest BCUT2D eigenvalue weighted by molar-refractivity contribution is 7.07. The summed E-state index contributed by atoms with van der Waals surface area (Å²) < 4.78 is 24.8. The third-order valence-electron chi connectivity index (χ3n) is 6.41. The summed E-state index contributed by atoms with van der Waals surface area (Å²) in [5, 5.41) is 0.633. The first-order chi connectivity index (χ1) is 19.7. The van der Waals surface area contributed by atoms with Gasteiger partial charge in [0.05, 0.1) is 41.7 Å². The number of methoxy groups -OCH3 is 1. The van der Waals surface area contributed by atoms with Gasteiger partial charge in [-0.05, 0) is 81.8 Å². The summed E-state index contributed by atoms with van der Waals surface area (Å²) >= 11 is 7.23. The summed E-state index contributed by atoms with van der Waals surface area (Å²) in [5.74, 6) is 1.67. The van der Waals surface area contributed by atoms with E-state index in [2.05, 4.69) is 4.99 Å². The zero-order valence-corrected chi connectivity index (χ0v) is 24.8. The molecule has 1 aliphatic heterocycles. The van der Waals surface area contributed by atoms with Gasteiger partial charge in [0.15, 0.2) is 16.3 Å². The van der Waals surface area contributed by atoms with Gasteiger partial charge in [-0.15, -0.1) is 0 Å². The number of aromatic nitrogens is 1. The van der Waals surface area contributed by atoms with E-state index in [0.29, 0.717) is 48.6 Å². The van der Waals surface area contributed by atoms with Gasteiger partial charge < -0.3 is 18.6 Å². The fraction of sp³-hybridized carbons (Fsp3) is 0.258. The first kappa shape index (κ1) is 28.4. The molecule has 0 N–H and O–H groups in total. The summed E-state index contributed by atoms with van der Waals surface area (Å²) in [6, 6.07) is 15.5. The van der Waals surface area contributed by atoms with Gasteiger partial charge in [0.1, 0.15) is 11.5 Å². The lowest BCUT2D eigenvalue weighted by atomic mass is 9.95. The molecular formula is C31H29ClN2O6S. The molecule has 0 radical (unpaired) electrons. The van der Waals surface area contributed by atoms with Crippen molar-refractivity contribution in [2.45, 2.75) is 39.8 Å². The second-order valence-electron chi connectivity index (χ2n) is 9.59. The van der Waals surface area contributed by atoms with Crippen LogP contribution in [0.3, 0.4) is 0 Å². The number of nitrogens with zero attached hydrogens (tertiary/aromatic N) is 2. The maximum Gasteiger partial charge on any atom is 0.338 e. The van der Waals surface area contributed by atoms with Gasteiger partial charge in [0.25, 0.3) is 5.56 Å². The third kappa shape index (κ3) is 5.73. The molecule has 2 aromatic heterocycles. The molecule has 3 heterocycles. The first-order valence-electron chi connectivity index (χ1n) is 13.1. The molecule has 212 valence electrons. The molecule has 1 aliphatic rings. The van der Waals surface area contributed by atoms with Crippen molar-refractivity contribution in [3.8, 4) is 22.8 Å². The Balaban J connectivity index is 1.64. The molecule has 10 heteroatoms. The van der Waals surface area contributed by atoms with Crippen molar-refractivity contribution in [2.75, 3.05) is 13.7 Å². The minimum atomic E-state index is -0.782. The van der Waals surface area contributed by atoms with E-state index in [0.717, 1.165) is 5.56 Å². The summed E-state index contributed by atoms with van der Waals surface area (Å²) in [7, 11) is 1.55. The van der Waals surface area contributed by atoms with E-state index < -0.39 is 12.0 Å². The summed E-state index contributed by atoms with van der Waals surface area (Å²) in [6.07, 6.45) is 1.62.